The Balaban J connectivity index is 1.99. The molecule has 2 N–H and O–H groups in total. The first kappa shape index (κ1) is 17.5. The molecule has 2 aromatic rings. The zero-order chi connectivity index (χ0) is 18.4. The highest BCUT2D eigenvalue weighted by Gasteiger charge is 2.46. The molecule has 0 spiro atoms. The minimum atomic E-state index is -1.44. The molecule has 1 aliphatic heterocycles. The second-order valence-electron chi connectivity index (χ2n) is 6.05. The average molecular weight is 380 g/mol. The van der Waals surface area contributed by atoms with Crippen molar-refractivity contribution in [1.29, 1.82) is 5.26 Å². The normalized spacial score (nSPS) is 20.5. The largest absolute Gasteiger partial charge is 0.505 e. The Kier molecular flexibility index (Phi) is 4.37. The van der Waals surface area contributed by atoms with Crippen LogP contribution in [0.4, 0.5) is 10.1 Å². The van der Waals surface area contributed by atoms with Gasteiger partial charge in [-0.2, -0.15) is 10.1 Å². The summed E-state index contributed by atoms with van der Waals surface area (Å²) in [6.45, 7) is 3.47. The van der Waals surface area contributed by atoms with E-state index in [1.54, 1.807) is 37.1 Å². The summed E-state index contributed by atoms with van der Waals surface area (Å²) in [7, 11) is 0. The van der Waals surface area contributed by atoms with Crippen molar-refractivity contribution >= 4 is 33.5 Å². The van der Waals surface area contributed by atoms with Gasteiger partial charge in [0.1, 0.15) is 11.6 Å². The zero-order valence-electron chi connectivity index (χ0n) is 13.4. The minimum Gasteiger partial charge on any atom is -0.505 e. The third-order valence-electron chi connectivity index (χ3n) is 4.01. The maximum atomic E-state index is 13.7. The van der Waals surface area contributed by atoms with Gasteiger partial charge < -0.3 is 5.11 Å². The molecule has 3 rings (SSSR count). The van der Waals surface area contributed by atoms with Gasteiger partial charge in [-0.15, -0.1) is 0 Å². The number of rotatable bonds is 2. The standard InChI is InChI=1S/C17H15ClFN3O2S/c1-17(2)16(24)25(12-5-3-10(9-20)13(18)8-12)21-22(17)11-4-6-15(23)14(19)7-11/h3-8,21,23,25H,1-2H3. The number of hydrogen-bond donors (Lipinski definition) is 3. The topological polar surface area (TPSA) is 76.4 Å². The molecule has 0 radical (unpaired) electrons. The number of halogens is 2. The van der Waals surface area contributed by atoms with Crippen molar-refractivity contribution in [3.8, 4) is 11.8 Å². The number of carbonyl (C=O) groups excluding carboxylic acids is 1. The maximum absolute atomic E-state index is 13.7. The third kappa shape index (κ3) is 2.93. The predicted molar refractivity (Wildman–Crippen MR) is 96.2 cm³/mol. The van der Waals surface area contributed by atoms with Crippen molar-refractivity contribution in [2.24, 2.45) is 0 Å². The number of phenols is 1. The lowest BCUT2D eigenvalue weighted by Crippen LogP contribution is -2.46. The summed E-state index contributed by atoms with van der Waals surface area (Å²) in [5, 5.41) is 20.1. The Labute approximate surface area is 152 Å². The third-order valence-corrected chi connectivity index (χ3v) is 6.47. The molecule has 2 aromatic carbocycles. The highest BCUT2D eigenvalue weighted by Crippen LogP contribution is 2.47. The molecule has 5 nitrogen and oxygen atoms in total. The first-order valence-electron chi connectivity index (χ1n) is 7.35. The Hall–Kier alpha value is -2.27. The number of aromatic hydroxyl groups is 1. The Morgan fingerprint density at radius 1 is 1.32 bits per heavy atom. The number of hydrogen-bond acceptors (Lipinski definition) is 5. The van der Waals surface area contributed by atoms with E-state index >= 15 is 0 Å². The fraction of sp³-hybridized carbons (Fsp3) is 0.176. The molecule has 0 amide bonds. The molecule has 1 fully saturated rings. The van der Waals surface area contributed by atoms with E-state index < -0.39 is 28.2 Å². The molecular formula is C17H15ClFN3O2S. The molecule has 25 heavy (non-hydrogen) atoms. The van der Waals surface area contributed by atoms with E-state index in [1.165, 1.54) is 18.2 Å². The van der Waals surface area contributed by atoms with Crippen molar-refractivity contribution < 1.29 is 14.3 Å². The average Bonchev–Trinajstić information content (AvgIpc) is 2.81. The number of nitrogens with one attached hydrogen (secondary N) is 1. The van der Waals surface area contributed by atoms with Gasteiger partial charge in [0, 0.05) is 11.0 Å². The first-order valence-corrected chi connectivity index (χ1v) is 9.07. The number of nitriles is 1. The number of carbonyl (C=O) groups is 1. The smallest absolute Gasteiger partial charge is 0.213 e. The molecule has 1 heterocycles. The van der Waals surface area contributed by atoms with E-state index in [1.807, 2.05) is 6.07 Å². The summed E-state index contributed by atoms with van der Waals surface area (Å²) in [5.74, 6) is -1.21. The van der Waals surface area contributed by atoms with Crippen LogP contribution in [0, 0.1) is 17.1 Å². The molecular weight excluding hydrogens is 365 g/mol. The van der Waals surface area contributed by atoms with Crippen molar-refractivity contribution in [3.63, 3.8) is 0 Å². The lowest BCUT2D eigenvalue weighted by atomic mass is 10.1. The number of anilines is 1. The van der Waals surface area contributed by atoms with Crippen LogP contribution in [0.25, 0.3) is 0 Å². The second kappa shape index (κ2) is 6.23. The molecule has 8 heteroatoms. The first-order chi connectivity index (χ1) is 11.8. The number of phenolic OH excluding ortho intramolecular Hbond substituents is 1. The van der Waals surface area contributed by atoms with Crippen LogP contribution >= 0.6 is 22.7 Å². The summed E-state index contributed by atoms with van der Waals surface area (Å²) in [6.07, 6.45) is 0. The van der Waals surface area contributed by atoms with E-state index in [0.29, 0.717) is 16.1 Å². The molecule has 1 atom stereocenters. The summed E-state index contributed by atoms with van der Waals surface area (Å²) >= 11 is 4.63. The van der Waals surface area contributed by atoms with Crippen molar-refractivity contribution in [1.82, 2.24) is 4.83 Å². The van der Waals surface area contributed by atoms with Crippen LogP contribution in [0.15, 0.2) is 41.3 Å². The van der Waals surface area contributed by atoms with E-state index in [0.717, 1.165) is 0 Å². The fourth-order valence-corrected chi connectivity index (χ4v) is 5.00. The highest BCUT2D eigenvalue weighted by molar-refractivity contribution is 8.28. The van der Waals surface area contributed by atoms with Gasteiger partial charge in [-0.3, -0.25) is 9.80 Å². The lowest BCUT2D eigenvalue weighted by molar-refractivity contribution is -0.114. The van der Waals surface area contributed by atoms with E-state index in [2.05, 4.69) is 4.83 Å². The Morgan fingerprint density at radius 3 is 2.64 bits per heavy atom. The molecule has 1 saturated heterocycles. The van der Waals surface area contributed by atoms with E-state index in [4.69, 9.17) is 16.9 Å². The van der Waals surface area contributed by atoms with Crippen LogP contribution < -0.4 is 9.84 Å². The van der Waals surface area contributed by atoms with Crippen molar-refractivity contribution in [3.05, 3.63) is 52.8 Å². The predicted octanol–water partition coefficient (Wildman–Crippen LogP) is 3.66. The van der Waals surface area contributed by atoms with Gasteiger partial charge in [0.2, 0.25) is 5.12 Å². The summed E-state index contributed by atoms with van der Waals surface area (Å²) in [5.41, 5.74) is -0.155. The van der Waals surface area contributed by atoms with Crippen molar-refractivity contribution in [2.75, 3.05) is 5.01 Å². The maximum Gasteiger partial charge on any atom is 0.213 e. The molecule has 0 aromatic heterocycles. The Bertz CT molecular complexity index is 913. The molecule has 0 bridgehead atoms. The SMILES string of the molecule is CC1(C)C(=O)[SH](c2ccc(C#N)c(Cl)c2)NN1c1ccc(O)c(F)c1. The summed E-state index contributed by atoms with van der Waals surface area (Å²) in [6, 6.07) is 10.8. The number of benzene rings is 2. The van der Waals surface area contributed by atoms with Crippen LogP contribution in [0.3, 0.4) is 0 Å². The number of thiol groups is 1. The van der Waals surface area contributed by atoms with Crippen LogP contribution in [0.5, 0.6) is 5.75 Å². The van der Waals surface area contributed by atoms with Gasteiger partial charge in [0.25, 0.3) is 0 Å². The quantitative estimate of drug-likeness (QED) is 0.694. The molecule has 1 unspecified atom stereocenters. The Morgan fingerprint density at radius 2 is 2.04 bits per heavy atom. The van der Waals surface area contributed by atoms with Crippen molar-refractivity contribution in [2.45, 2.75) is 24.3 Å². The molecule has 130 valence electrons. The second-order valence-corrected chi connectivity index (χ2v) is 8.25. The van der Waals surface area contributed by atoms with E-state index in [9.17, 15) is 14.3 Å². The summed E-state index contributed by atoms with van der Waals surface area (Å²) in [4.78, 5) is 16.7. The van der Waals surface area contributed by atoms with Gasteiger partial charge in [-0.1, -0.05) is 22.7 Å². The summed E-state index contributed by atoms with van der Waals surface area (Å²) < 4.78 is 13.7. The van der Waals surface area contributed by atoms with Gasteiger partial charge in [0.05, 0.1) is 16.3 Å². The zero-order valence-corrected chi connectivity index (χ0v) is 15.1. The van der Waals surface area contributed by atoms with Gasteiger partial charge in [-0.25, -0.2) is 4.39 Å². The van der Waals surface area contributed by atoms with Crippen LogP contribution in [0.2, 0.25) is 5.02 Å². The minimum absolute atomic E-state index is 0.0586. The molecule has 1 aliphatic rings. The van der Waals surface area contributed by atoms with Crippen LogP contribution in [0.1, 0.15) is 19.4 Å². The number of nitrogens with zero attached hydrogens (tertiary/aromatic N) is 2. The number of hydrazine groups is 1. The van der Waals surface area contributed by atoms with E-state index in [-0.39, 0.29) is 10.1 Å². The van der Waals surface area contributed by atoms with Gasteiger partial charge >= 0.3 is 0 Å². The van der Waals surface area contributed by atoms with Gasteiger partial charge in [-0.05, 0) is 44.2 Å². The highest BCUT2D eigenvalue weighted by atomic mass is 35.5. The van der Waals surface area contributed by atoms with Gasteiger partial charge in [0.15, 0.2) is 11.6 Å². The van der Waals surface area contributed by atoms with Crippen LogP contribution in [-0.4, -0.2) is 15.8 Å². The fourth-order valence-electron chi connectivity index (χ4n) is 2.56. The lowest BCUT2D eigenvalue weighted by Gasteiger charge is -2.30. The van der Waals surface area contributed by atoms with Crippen LogP contribution in [-0.2, 0) is 4.79 Å². The molecule has 0 saturated carbocycles. The molecule has 0 aliphatic carbocycles. The monoisotopic (exact) mass is 379 g/mol.